The molecule has 0 atom stereocenters. The molecule has 0 aliphatic carbocycles. The average molecular weight is 271 g/mol. The van der Waals surface area contributed by atoms with Crippen molar-refractivity contribution in [3.05, 3.63) is 59.1 Å². The summed E-state index contributed by atoms with van der Waals surface area (Å²) in [6, 6.07) is 16.3. The Morgan fingerprint density at radius 3 is 2.26 bits per heavy atom. The van der Waals surface area contributed by atoms with Crippen LogP contribution in [0.2, 0.25) is 5.02 Å². The number of hydrogen-bond acceptors (Lipinski definition) is 3. The molecule has 0 amide bonds. The van der Waals surface area contributed by atoms with Crippen LogP contribution in [0, 0.1) is 11.3 Å². The van der Waals surface area contributed by atoms with E-state index in [9.17, 15) is 5.26 Å². The third kappa shape index (κ3) is 3.34. The fourth-order valence-corrected chi connectivity index (χ4v) is 1.67. The zero-order valence-electron chi connectivity index (χ0n) is 10.3. The van der Waals surface area contributed by atoms with Gasteiger partial charge in [0, 0.05) is 10.6 Å². The minimum atomic E-state index is 0.349. The molecule has 0 radical (unpaired) electrons. The van der Waals surface area contributed by atoms with E-state index in [1.807, 2.05) is 0 Å². The van der Waals surface area contributed by atoms with Crippen LogP contribution in [0.4, 0.5) is 5.69 Å². The Bertz CT molecular complexity index is 625. The number of nitrogens with zero attached hydrogens (tertiary/aromatic N) is 2. The maximum Gasteiger partial charge on any atom is 0.148 e. The average Bonchev–Trinajstić information content (AvgIpc) is 2.46. The molecule has 4 heteroatoms. The lowest BCUT2D eigenvalue weighted by atomic mass is 10.1. The van der Waals surface area contributed by atoms with Crippen LogP contribution in [0.3, 0.4) is 0 Å². The van der Waals surface area contributed by atoms with Crippen molar-refractivity contribution in [1.82, 2.24) is 0 Å². The largest absolute Gasteiger partial charge is 0.497 e. The van der Waals surface area contributed by atoms with Crippen molar-refractivity contribution in [2.75, 3.05) is 7.11 Å². The minimum Gasteiger partial charge on any atom is -0.497 e. The second-order valence-corrected chi connectivity index (χ2v) is 4.21. The van der Waals surface area contributed by atoms with E-state index in [1.165, 1.54) is 0 Å². The van der Waals surface area contributed by atoms with Crippen LogP contribution in [0.25, 0.3) is 0 Å². The highest BCUT2D eigenvalue weighted by atomic mass is 35.5. The molecule has 0 aromatic heterocycles. The molecule has 0 aliphatic heterocycles. The predicted octanol–water partition coefficient (Wildman–Crippen LogP) is 3.99. The SMILES string of the molecule is COc1ccc(N=C(C#N)c2ccc(Cl)cc2)cc1. The van der Waals surface area contributed by atoms with Gasteiger partial charge in [-0.2, -0.15) is 5.26 Å². The molecule has 0 spiro atoms. The van der Waals surface area contributed by atoms with Crippen LogP contribution in [0.5, 0.6) is 5.75 Å². The molecule has 0 unspecified atom stereocenters. The Morgan fingerprint density at radius 2 is 1.74 bits per heavy atom. The van der Waals surface area contributed by atoms with E-state index in [-0.39, 0.29) is 0 Å². The van der Waals surface area contributed by atoms with Crippen molar-refractivity contribution in [1.29, 1.82) is 5.26 Å². The Labute approximate surface area is 116 Å². The van der Waals surface area contributed by atoms with Crippen LogP contribution >= 0.6 is 11.6 Å². The fraction of sp³-hybridized carbons (Fsp3) is 0.0667. The highest BCUT2D eigenvalue weighted by molar-refractivity contribution is 6.30. The number of methoxy groups -OCH3 is 1. The summed E-state index contributed by atoms with van der Waals surface area (Å²) in [4.78, 5) is 4.31. The molecule has 2 aromatic carbocycles. The first-order valence-electron chi connectivity index (χ1n) is 5.61. The molecule has 2 rings (SSSR count). The van der Waals surface area contributed by atoms with Gasteiger partial charge >= 0.3 is 0 Å². The summed E-state index contributed by atoms with van der Waals surface area (Å²) in [5.74, 6) is 0.754. The summed E-state index contributed by atoms with van der Waals surface area (Å²) >= 11 is 5.82. The van der Waals surface area contributed by atoms with Gasteiger partial charge in [0.25, 0.3) is 0 Å². The van der Waals surface area contributed by atoms with E-state index in [0.29, 0.717) is 16.4 Å². The molecule has 0 bridgehead atoms. The Kier molecular flexibility index (Phi) is 4.17. The third-order valence-corrected chi connectivity index (χ3v) is 2.79. The summed E-state index contributed by atoms with van der Waals surface area (Å²) in [5, 5.41) is 9.80. The fourth-order valence-electron chi connectivity index (χ4n) is 1.55. The number of halogens is 1. The number of rotatable bonds is 3. The lowest BCUT2D eigenvalue weighted by Crippen LogP contribution is -1.95. The molecule has 0 aliphatic rings. The summed E-state index contributed by atoms with van der Waals surface area (Å²) in [7, 11) is 1.60. The van der Waals surface area contributed by atoms with Crippen molar-refractivity contribution in [3.8, 4) is 11.8 Å². The second-order valence-electron chi connectivity index (χ2n) is 3.78. The van der Waals surface area contributed by atoms with E-state index in [4.69, 9.17) is 16.3 Å². The zero-order valence-corrected chi connectivity index (χ0v) is 11.1. The van der Waals surface area contributed by atoms with Crippen molar-refractivity contribution in [3.63, 3.8) is 0 Å². The first-order chi connectivity index (χ1) is 9.22. The van der Waals surface area contributed by atoms with E-state index in [1.54, 1.807) is 55.6 Å². The van der Waals surface area contributed by atoms with Crippen molar-refractivity contribution >= 4 is 23.0 Å². The predicted molar refractivity (Wildman–Crippen MR) is 76.3 cm³/mol. The molecule has 3 nitrogen and oxygen atoms in total. The standard InChI is InChI=1S/C15H11ClN2O/c1-19-14-8-6-13(7-9-14)18-15(10-17)11-2-4-12(16)5-3-11/h2-9H,1H3. The molecule has 94 valence electrons. The van der Waals surface area contributed by atoms with Gasteiger partial charge in [-0.3, -0.25) is 0 Å². The number of benzene rings is 2. The van der Waals surface area contributed by atoms with Crippen molar-refractivity contribution in [2.24, 2.45) is 4.99 Å². The third-order valence-electron chi connectivity index (χ3n) is 2.54. The molecule has 0 saturated carbocycles. The molecule has 0 saturated heterocycles. The molecule has 19 heavy (non-hydrogen) atoms. The van der Waals surface area contributed by atoms with Crippen LogP contribution in [0.1, 0.15) is 5.56 Å². The van der Waals surface area contributed by atoms with Crippen molar-refractivity contribution in [2.45, 2.75) is 0 Å². The summed E-state index contributed by atoms with van der Waals surface area (Å²) in [6.45, 7) is 0. The van der Waals surface area contributed by atoms with Gasteiger partial charge in [0.2, 0.25) is 0 Å². The first kappa shape index (κ1) is 13.1. The zero-order chi connectivity index (χ0) is 13.7. The number of ether oxygens (including phenoxy) is 1. The van der Waals surface area contributed by atoms with Crippen LogP contribution in [0.15, 0.2) is 53.5 Å². The molecule has 0 heterocycles. The molecule has 2 aromatic rings. The Morgan fingerprint density at radius 1 is 1.11 bits per heavy atom. The van der Waals surface area contributed by atoms with Crippen LogP contribution < -0.4 is 4.74 Å². The topological polar surface area (TPSA) is 45.4 Å². The second kappa shape index (κ2) is 6.03. The van der Waals surface area contributed by atoms with E-state index >= 15 is 0 Å². The van der Waals surface area contributed by atoms with Gasteiger partial charge in [0.05, 0.1) is 12.8 Å². The van der Waals surface area contributed by atoms with E-state index in [0.717, 1.165) is 11.3 Å². The Balaban J connectivity index is 2.33. The maximum absolute atomic E-state index is 9.17. The van der Waals surface area contributed by atoms with Crippen LogP contribution in [-0.4, -0.2) is 12.8 Å². The molecule has 0 fully saturated rings. The molecular formula is C15H11ClN2O. The lowest BCUT2D eigenvalue weighted by Gasteiger charge is -2.01. The van der Waals surface area contributed by atoms with Gasteiger partial charge in [-0.1, -0.05) is 23.7 Å². The maximum atomic E-state index is 9.17. The highest BCUT2D eigenvalue weighted by Crippen LogP contribution is 2.19. The number of aliphatic imine (C=N–C) groups is 1. The monoisotopic (exact) mass is 270 g/mol. The van der Waals surface area contributed by atoms with E-state index in [2.05, 4.69) is 11.1 Å². The van der Waals surface area contributed by atoms with Gasteiger partial charge in [0.15, 0.2) is 0 Å². The van der Waals surface area contributed by atoms with Gasteiger partial charge in [-0.15, -0.1) is 0 Å². The molecular weight excluding hydrogens is 260 g/mol. The van der Waals surface area contributed by atoms with Gasteiger partial charge in [-0.25, -0.2) is 4.99 Å². The summed E-state index contributed by atoms with van der Waals surface area (Å²) in [6.07, 6.45) is 0. The van der Waals surface area contributed by atoms with Gasteiger partial charge < -0.3 is 4.74 Å². The highest BCUT2D eigenvalue weighted by Gasteiger charge is 2.03. The van der Waals surface area contributed by atoms with Crippen molar-refractivity contribution < 1.29 is 4.74 Å². The van der Waals surface area contributed by atoms with Crippen LogP contribution in [-0.2, 0) is 0 Å². The molecule has 0 N–H and O–H groups in total. The number of nitriles is 1. The smallest absolute Gasteiger partial charge is 0.148 e. The normalized spacial score (nSPS) is 10.9. The van der Waals surface area contributed by atoms with Gasteiger partial charge in [0.1, 0.15) is 17.5 Å². The van der Waals surface area contributed by atoms with E-state index < -0.39 is 0 Å². The summed E-state index contributed by atoms with van der Waals surface area (Å²) < 4.78 is 5.07. The Hall–Kier alpha value is -2.31. The quantitative estimate of drug-likeness (QED) is 0.792. The lowest BCUT2D eigenvalue weighted by molar-refractivity contribution is 0.415. The first-order valence-corrected chi connectivity index (χ1v) is 5.99. The van der Waals surface area contributed by atoms with Gasteiger partial charge in [-0.05, 0) is 36.4 Å². The number of hydrogen-bond donors (Lipinski definition) is 0. The summed E-state index contributed by atoms with van der Waals surface area (Å²) in [5.41, 5.74) is 1.79. The minimum absolute atomic E-state index is 0.349.